The van der Waals surface area contributed by atoms with Gasteiger partial charge in [-0.2, -0.15) is 5.10 Å². The van der Waals surface area contributed by atoms with Crippen molar-refractivity contribution in [1.29, 1.82) is 0 Å². The Morgan fingerprint density at radius 1 is 1.30 bits per heavy atom. The molecule has 0 bridgehead atoms. The molecule has 27 heavy (non-hydrogen) atoms. The van der Waals surface area contributed by atoms with Crippen molar-refractivity contribution in [2.24, 2.45) is 0 Å². The molecule has 1 N–H and O–H groups in total. The standard InChI is InChI=1S/C18H21N7O2/c1-12-14(17(27)23-9-8-22-6-2-4-13(22)11-23)10-19-25(12)18-20-16(26)15-5-3-7-24(15)21-18/h3,5,7,10,13H,2,4,6,8-9,11H2,1H3,(H,20,21,26)/t13-/m1/s1. The number of aromatic amines is 1. The van der Waals surface area contributed by atoms with Crippen LogP contribution in [0.4, 0.5) is 0 Å². The molecule has 2 aliphatic heterocycles. The van der Waals surface area contributed by atoms with E-state index in [1.807, 2.05) is 11.8 Å². The maximum absolute atomic E-state index is 13.0. The molecule has 9 nitrogen and oxygen atoms in total. The second-order valence-electron chi connectivity index (χ2n) is 7.25. The summed E-state index contributed by atoms with van der Waals surface area (Å²) in [5, 5.41) is 8.70. The van der Waals surface area contributed by atoms with E-state index in [-0.39, 0.29) is 11.5 Å². The minimum atomic E-state index is -0.245. The third-order valence-electron chi connectivity index (χ3n) is 5.70. The number of nitrogens with zero attached hydrogens (tertiary/aromatic N) is 6. The van der Waals surface area contributed by atoms with Crippen LogP contribution in [0, 0.1) is 6.92 Å². The first-order valence-electron chi connectivity index (χ1n) is 9.28. The van der Waals surface area contributed by atoms with Crippen LogP contribution < -0.4 is 5.56 Å². The summed E-state index contributed by atoms with van der Waals surface area (Å²) >= 11 is 0. The normalized spacial score (nSPS) is 20.3. The van der Waals surface area contributed by atoms with E-state index in [0.29, 0.717) is 28.8 Å². The average Bonchev–Trinajstić information content (AvgIpc) is 3.39. The second kappa shape index (κ2) is 6.05. The van der Waals surface area contributed by atoms with Crippen LogP contribution in [0.15, 0.2) is 29.3 Å². The number of hydrogen-bond acceptors (Lipinski definition) is 5. The Hall–Kier alpha value is -2.94. The molecule has 1 atom stereocenters. The first-order valence-corrected chi connectivity index (χ1v) is 9.28. The summed E-state index contributed by atoms with van der Waals surface area (Å²) in [4.78, 5) is 32.4. The minimum Gasteiger partial charge on any atom is -0.336 e. The SMILES string of the molecule is Cc1c(C(=O)N2CCN3CCC[C@@H]3C2)cnn1-c1nn2cccc2c(=O)[nH]1. The van der Waals surface area contributed by atoms with Crippen LogP contribution in [0.3, 0.4) is 0 Å². The van der Waals surface area contributed by atoms with Gasteiger partial charge >= 0.3 is 0 Å². The predicted octanol–water partition coefficient (Wildman–Crippen LogP) is 0.437. The molecule has 2 saturated heterocycles. The summed E-state index contributed by atoms with van der Waals surface area (Å²) in [6.07, 6.45) is 5.65. The van der Waals surface area contributed by atoms with Crippen LogP contribution in [0.25, 0.3) is 11.5 Å². The van der Waals surface area contributed by atoms with Gasteiger partial charge in [0.2, 0.25) is 5.95 Å². The Bertz CT molecular complexity index is 1080. The third kappa shape index (κ3) is 2.57. The molecule has 0 aliphatic carbocycles. The van der Waals surface area contributed by atoms with Crippen LogP contribution >= 0.6 is 0 Å². The van der Waals surface area contributed by atoms with E-state index in [9.17, 15) is 9.59 Å². The monoisotopic (exact) mass is 367 g/mol. The Balaban J connectivity index is 1.45. The molecule has 0 aromatic carbocycles. The van der Waals surface area contributed by atoms with E-state index >= 15 is 0 Å². The fraction of sp³-hybridized carbons (Fsp3) is 0.444. The van der Waals surface area contributed by atoms with Crippen LogP contribution in [-0.2, 0) is 0 Å². The zero-order chi connectivity index (χ0) is 18.5. The number of H-pyrrole nitrogens is 1. The van der Waals surface area contributed by atoms with Crippen molar-refractivity contribution in [3.8, 4) is 5.95 Å². The van der Waals surface area contributed by atoms with Crippen molar-refractivity contribution in [3.63, 3.8) is 0 Å². The maximum Gasteiger partial charge on any atom is 0.276 e. The molecule has 5 rings (SSSR count). The van der Waals surface area contributed by atoms with Gasteiger partial charge in [-0.25, -0.2) is 9.20 Å². The van der Waals surface area contributed by atoms with E-state index in [1.54, 1.807) is 24.5 Å². The molecule has 9 heteroatoms. The van der Waals surface area contributed by atoms with Crippen molar-refractivity contribution in [2.45, 2.75) is 25.8 Å². The number of piperazine rings is 1. The Morgan fingerprint density at radius 3 is 3.07 bits per heavy atom. The zero-order valence-electron chi connectivity index (χ0n) is 15.1. The molecule has 2 aliphatic rings. The molecule has 1 amide bonds. The first kappa shape index (κ1) is 16.2. The quantitative estimate of drug-likeness (QED) is 0.710. The highest BCUT2D eigenvalue weighted by atomic mass is 16.2. The van der Waals surface area contributed by atoms with Crippen molar-refractivity contribution in [1.82, 2.24) is 34.2 Å². The Labute approximate surface area is 155 Å². The van der Waals surface area contributed by atoms with Crippen molar-refractivity contribution in [2.75, 3.05) is 26.2 Å². The van der Waals surface area contributed by atoms with E-state index < -0.39 is 0 Å². The van der Waals surface area contributed by atoms with Crippen LogP contribution in [0.2, 0.25) is 0 Å². The lowest BCUT2D eigenvalue weighted by molar-refractivity contribution is 0.0570. The number of fused-ring (bicyclic) bond motifs is 2. The maximum atomic E-state index is 13.0. The smallest absolute Gasteiger partial charge is 0.276 e. The van der Waals surface area contributed by atoms with Gasteiger partial charge in [-0.3, -0.25) is 19.5 Å². The lowest BCUT2D eigenvalue weighted by atomic mass is 10.1. The first-order chi connectivity index (χ1) is 13.1. The second-order valence-corrected chi connectivity index (χ2v) is 7.25. The van der Waals surface area contributed by atoms with Gasteiger partial charge in [-0.05, 0) is 38.4 Å². The topological polar surface area (TPSA) is 91.5 Å². The number of rotatable bonds is 2. The lowest BCUT2D eigenvalue weighted by Gasteiger charge is -2.37. The molecule has 0 saturated carbocycles. The molecule has 5 heterocycles. The lowest BCUT2D eigenvalue weighted by Crippen LogP contribution is -2.52. The summed E-state index contributed by atoms with van der Waals surface area (Å²) in [7, 11) is 0. The van der Waals surface area contributed by atoms with E-state index in [2.05, 4.69) is 20.1 Å². The number of amides is 1. The van der Waals surface area contributed by atoms with Crippen LogP contribution in [0.5, 0.6) is 0 Å². The molecule has 140 valence electrons. The van der Waals surface area contributed by atoms with E-state index in [0.717, 1.165) is 32.6 Å². The van der Waals surface area contributed by atoms with Crippen molar-refractivity contribution in [3.05, 3.63) is 46.1 Å². The summed E-state index contributed by atoms with van der Waals surface area (Å²) < 4.78 is 3.02. The molecule has 3 aromatic rings. The molecular formula is C18H21N7O2. The van der Waals surface area contributed by atoms with Crippen LogP contribution in [-0.4, -0.2) is 72.3 Å². The highest BCUT2D eigenvalue weighted by Crippen LogP contribution is 2.23. The van der Waals surface area contributed by atoms with E-state index in [4.69, 9.17) is 0 Å². The van der Waals surface area contributed by atoms with Crippen LogP contribution in [0.1, 0.15) is 28.9 Å². The number of hydrogen-bond donors (Lipinski definition) is 1. The molecular weight excluding hydrogens is 346 g/mol. The number of carbonyl (C=O) groups is 1. The summed E-state index contributed by atoms with van der Waals surface area (Å²) in [5.41, 5.74) is 1.44. The van der Waals surface area contributed by atoms with Gasteiger partial charge in [0.1, 0.15) is 5.52 Å². The zero-order valence-corrected chi connectivity index (χ0v) is 15.1. The highest BCUT2D eigenvalue weighted by Gasteiger charge is 2.33. The third-order valence-corrected chi connectivity index (χ3v) is 5.70. The van der Waals surface area contributed by atoms with Gasteiger partial charge in [0, 0.05) is 31.9 Å². The largest absolute Gasteiger partial charge is 0.336 e. The van der Waals surface area contributed by atoms with E-state index in [1.165, 1.54) is 15.6 Å². The van der Waals surface area contributed by atoms with Gasteiger partial charge < -0.3 is 4.90 Å². The minimum absolute atomic E-state index is 0.00492. The molecule has 0 spiro atoms. The van der Waals surface area contributed by atoms with Gasteiger partial charge in [-0.15, -0.1) is 5.10 Å². The van der Waals surface area contributed by atoms with Gasteiger partial charge in [0.05, 0.1) is 17.5 Å². The van der Waals surface area contributed by atoms with Crippen molar-refractivity contribution >= 4 is 11.4 Å². The number of nitrogens with one attached hydrogen (secondary N) is 1. The molecule has 0 unspecified atom stereocenters. The average molecular weight is 367 g/mol. The molecule has 2 fully saturated rings. The molecule has 0 radical (unpaired) electrons. The summed E-state index contributed by atoms with van der Waals surface area (Å²) in [5.74, 6) is 0.288. The predicted molar refractivity (Wildman–Crippen MR) is 98.2 cm³/mol. The fourth-order valence-corrected chi connectivity index (χ4v) is 4.21. The van der Waals surface area contributed by atoms with Crippen molar-refractivity contribution < 1.29 is 4.79 Å². The van der Waals surface area contributed by atoms with Gasteiger partial charge in [0.25, 0.3) is 11.5 Å². The van der Waals surface area contributed by atoms with Gasteiger partial charge in [0.15, 0.2) is 0 Å². The highest BCUT2D eigenvalue weighted by molar-refractivity contribution is 5.95. The molecule has 3 aromatic heterocycles. The van der Waals surface area contributed by atoms with Gasteiger partial charge in [-0.1, -0.05) is 0 Å². The number of aromatic nitrogens is 5. The Kier molecular flexibility index (Phi) is 3.64. The number of carbonyl (C=O) groups excluding carboxylic acids is 1. The fourth-order valence-electron chi connectivity index (χ4n) is 4.21. The Morgan fingerprint density at radius 2 is 2.19 bits per heavy atom. The summed E-state index contributed by atoms with van der Waals surface area (Å²) in [6, 6.07) is 3.94. The summed E-state index contributed by atoms with van der Waals surface area (Å²) in [6.45, 7) is 5.41.